The van der Waals surface area contributed by atoms with Gasteiger partial charge in [-0.15, -0.1) is 0 Å². The maximum Gasteiger partial charge on any atom is 0.123 e. The van der Waals surface area contributed by atoms with Crippen molar-refractivity contribution in [2.75, 3.05) is 13.1 Å². The SMILES string of the molecule is N#CC1CCN(Cc2ccc(F)cc2)CC1. The first-order valence-electron chi connectivity index (χ1n) is 5.64. The van der Waals surface area contributed by atoms with Crippen LogP contribution in [0.25, 0.3) is 0 Å². The van der Waals surface area contributed by atoms with Crippen LogP contribution in [0.15, 0.2) is 24.3 Å². The summed E-state index contributed by atoms with van der Waals surface area (Å²) in [5.41, 5.74) is 1.14. The molecule has 0 atom stereocenters. The minimum Gasteiger partial charge on any atom is -0.299 e. The standard InChI is InChI=1S/C13H15FN2/c14-13-3-1-12(2-4-13)10-16-7-5-11(9-15)6-8-16/h1-4,11H,5-8,10H2. The summed E-state index contributed by atoms with van der Waals surface area (Å²) in [7, 11) is 0. The van der Waals surface area contributed by atoms with E-state index in [2.05, 4.69) is 11.0 Å². The van der Waals surface area contributed by atoms with Crippen LogP contribution in [0.3, 0.4) is 0 Å². The van der Waals surface area contributed by atoms with Crippen molar-refractivity contribution in [2.24, 2.45) is 5.92 Å². The second kappa shape index (κ2) is 5.09. The molecule has 2 rings (SSSR count). The number of halogens is 1. The van der Waals surface area contributed by atoms with Gasteiger partial charge in [0.15, 0.2) is 0 Å². The molecular weight excluding hydrogens is 203 g/mol. The van der Waals surface area contributed by atoms with Crippen LogP contribution < -0.4 is 0 Å². The van der Waals surface area contributed by atoms with Crippen molar-refractivity contribution in [2.45, 2.75) is 19.4 Å². The first-order valence-corrected chi connectivity index (χ1v) is 5.64. The fourth-order valence-electron chi connectivity index (χ4n) is 2.07. The molecule has 16 heavy (non-hydrogen) atoms. The van der Waals surface area contributed by atoms with Crippen molar-refractivity contribution in [3.63, 3.8) is 0 Å². The third-order valence-corrected chi connectivity index (χ3v) is 3.09. The summed E-state index contributed by atoms with van der Waals surface area (Å²) >= 11 is 0. The zero-order valence-electron chi connectivity index (χ0n) is 9.19. The monoisotopic (exact) mass is 218 g/mol. The van der Waals surface area contributed by atoms with E-state index in [1.165, 1.54) is 12.1 Å². The number of hydrogen-bond acceptors (Lipinski definition) is 2. The molecule has 0 unspecified atom stereocenters. The molecule has 0 spiro atoms. The van der Waals surface area contributed by atoms with E-state index in [-0.39, 0.29) is 11.7 Å². The summed E-state index contributed by atoms with van der Waals surface area (Å²) in [6.45, 7) is 2.80. The van der Waals surface area contributed by atoms with Crippen molar-refractivity contribution in [1.82, 2.24) is 4.90 Å². The number of nitrogens with zero attached hydrogens (tertiary/aromatic N) is 2. The molecule has 3 heteroatoms. The smallest absolute Gasteiger partial charge is 0.123 e. The van der Waals surface area contributed by atoms with E-state index in [4.69, 9.17) is 5.26 Å². The van der Waals surface area contributed by atoms with Gasteiger partial charge in [0.05, 0.1) is 6.07 Å². The normalized spacial score (nSPS) is 18.2. The predicted octanol–water partition coefficient (Wildman–Crippen LogP) is 2.56. The molecule has 1 aliphatic heterocycles. The molecule has 0 N–H and O–H groups in total. The Morgan fingerprint density at radius 1 is 1.25 bits per heavy atom. The van der Waals surface area contributed by atoms with E-state index in [0.717, 1.165) is 38.0 Å². The topological polar surface area (TPSA) is 27.0 Å². The number of piperidine rings is 1. The van der Waals surface area contributed by atoms with Crippen LogP contribution in [-0.4, -0.2) is 18.0 Å². The molecule has 0 amide bonds. The molecule has 1 aromatic rings. The molecule has 2 nitrogen and oxygen atoms in total. The fourth-order valence-corrected chi connectivity index (χ4v) is 2.07. The van der Waals surface area contributed by atoms with Gasteiger partial charge in [-0.2, -0.15) is 5.26 Å². The molecule has 1 saturated heterocycles. The lowest BCUT2D eigenvalue weighted by Gasteiger charge is -2.28. The zero-order valence-corrected chi connectivity index (χ0v) is 9.19. The Balaban J connectivity index is 1.87. The van der Waals surface area contributed by atoms with Gasteiger partial charge in [0.1, 0.15) is 5.82 Å². The highest BCUT2D eigenvalue weighted by molar-refractivity contribution is 5.16. The largest absolute Gasteiger partial charge is 0.299 e. The lowest BCUT2D eigenvalue weighted by atomic mass is 9.98. The summed E-state index contributed by atoms with van der Waals surface area (Å²) in [5, 5.41) is 8.79. The van der Waals surface area contributed by atoms with Gasteiger partial charge in [0.2, 0.25) is 0 Å². The lowest BCUT2D eigenvalue weighted by Crippen LogP contribution is -2.32. The highest BCUT2D eigenvalue weighted by Gasteiger charge is 2.18. The van der Waals surface area contributed by atoms with E-state index in [9.17, 15) is 4.39 Å². The molecule has 1 heterocycles. The van der Waals surface area contributed by atoms with Crippen LogP contribution in [0.5, 0.6) is 0 Å². The maximum atomic E-state index is 12.7. The van der Waals surface area contributed by atoms with Crippen LogP contribution in [0.4, 0.5) is 4.39 Å². The first kappa shape index (κ1) is 11.1. The van der Waals surface area contributed by atoms with Gasteiger partial charge in [-0.05, 0) is 43.6 Å². The maximum absolute atomic E-state index is 12.7. The summed E-state index contributed by atoms with van der Waals surface area (Å²) in [5.74, 6) is 0.0383. The minimum atomic E-state index is -0.188. The fraction of sp³-hybridized carbons (Fsp3) is 0.462. The number of hydrogen-bond donors (Lipinski definition) is 0. The van der Waals surface area contributed by atoms with Crippen LogP contribution in [0, 0.1) is 23.1 Å². The second-order valence-corrected chi connectivity index (χ2v) is 4.31. The quantitative estimate of drug-likeness (QED) is 0.762. The molecule has 0 saturated carbocycles. The van der Waals surface area contributed by atoms with Gasteiger partial charge < -0.3 is 0 Å². The molecule has 0 bridgehead atoms. The number of benzene rings is 1. The van der Waals surface area contributed by atoms with E-state index in [0.29, 0.717) is 0 Å². The van der Waals surface area contributed by atoms with Crippen LogP contribution in [0.1, 0.15) is 18.4 Å². The summed E-state index contributed by atoms with van der Waals surface area (Å²) in [4.78, 5) is 2.32. The molecule has 1 aliphatic rings. The van der Waals surface area contributed by atoms with Gasteiger partial charge in [0, 0.05) is 12.5 Å². The molecule has 0 aliphatic carbocycles. The first-order chi connectivity index (χ1) is 7.78. The van der Waals surface area contributed by atoms with E-state index in [1.807, 2.05) is 12.1 Å². The average Bonchev–Trinajstić information content (AvgIpc) is 2.33. The van der Waals surface area contributed by atoms with Gasteiger partial charge in [0.25, 0.3) is 0 Å². The van der Waals surface area contributed by atoms with E-state index < -0.39 is 0 Å². The van der Waals surface area contributed by atoms with Crippen molar-refractivity contribution in [3.05, 3.63) is 35.6 Å². The Morgan fingerprint density at radius 2 is 1.88 bits per heavy atom. The lowest BCUT2D eigenvalue weighted by molar-refractivity contribution is 0.198. The van der Waals surface area contributed by atoms with Gasteiger partial charge in [-0.3, -0.25) is 4.90 Å². The van der Waals surface area contributed by atoms with E-state index >= 15 is 0 Å². The van der Waals surface area contributed by atoms with Gasteiger partial charge in [-0.25, -0.2) is 4.39 Å². The highest BCUT2D eigenvalue weighted by atomic mass is 19.1. The molecule has 0 aromatic heterocycles. The Kier molecular flexibility index (Phi) is 3.53. The van der Waals surface area contributed by atoms with Crippen molar-refractivity contribution in [3.8, 4) is 6.07 Å². The Morgan fingerprint density at radius 3 is 2.44 bits per heavy atom. The minimum absolute atomic E-state index is 0.188. The Labute approximate surface area is 95.3 Å². The third-order valence-electron chi connectivity index (χ3n) is 3.09. The predicted molar refractivity (Wildman–Crippen MR) is 60.0 cm³/mol. The number of rotatable bonds is 2. The molecule has 1 fully saturated rings. The summed E-state index contributed by atoms with van der Waals surface area (Å²) in [6, 6.07) is 8.96. The van der Waals surface area contributed by atoms with Crippen molar-refractivity contribution >= 4 is 0 Å². The van der Waals surface area contributed by atoms with Crippen LogP contribution in [-0.2, 0) is 6.54 Å². The van der Waals surface area contributed by atoms with Gasteiger partial charge >= 0.3 is 0 Å². The Bertz CT molecular complexity index is 372. The van der Waals surface area contributed by atoms with Gasteiger partial charge in [-0.1, -0.05) is 12.1 Å². The van der Waals surface area contributed by atoms with Crippen molar-refractivity contribution < 1.29 is 4.39 Å². The van der Waals surface area contributed by atoms with Crippen LogP contribution >= 0.6 is 0 Å². The molecule has 84 valence electrons. The molecule has 0 radical (unpaired) electrons. The third kappa shape index (κ3) is 2.80. The summed E-state index contributed by atoms with van der Waals surface area (Å²) < 4.78 is 12.7. The zero-order chi connectivity index (χ0) is 11.4. The highest BCUT2D eigenvalue weighted by Crippen LogP contribution is 2.18. The van der Waals surface area contributed by atoms with Crippen molar-refractivity contribution in [1.29, 1.82) is 5.26 Å². The van der Waals surface area contributed by atoms with Crippen LogP contribution in [0.2, 0.25) is 0 Å². The molecule has 1 aromatic carbocycles. The molecular formula is C13H15FN2. The number of nitriles is 1. The number of likely N-dealkylation sites (tertiary alicyclic amines) is 1. The van der Waals surface area contributed by atoms with E-state index in [1.54, 1.807) is 0 Å². The Hall–Kier alpha value is -1.40. The summed E-state index contributed by atoms with van der Waals surface area (Å²) in [6.07, 6.45) is 1.91. The average molecular weight is 218 g/mol. The second-order valence-electron chi connectivity index (χ2n) is 4.31.